The molecule has 0 atom stereocenters. The molecular formula is C17H10OS. The molecule has 0 unspecified atom stereocenters. The summed E-state index contributed by atoms with van der Waals surface area (Å²) in [6.45, 7) is 0. The lowest BCUT2D eigenvalue weighted by atomic mass is 9.97. The Kier molecular flexibility index (Phi) is 2.26. The van der Waals surface area contributed by atoms with Gasteiger partial charge in [-0.1, -0.05) is 54.2 Å². The van der Waals surface area contributed by atoms with E-state index >= 15 is 0 Å². The van der Waals surface area contributed by atoms with Gasteiger partial charge in [-0.3, -0.25) is 4.79 Å². The Morgan fingerprint density at radius 2 is 1.37 bits per heavy atom. The van der Waals surface area contributed by atoms with Crippen LogP contribution in [0.5, 0.6) is 0 Å². The smallest absolute Gasteiger partial charge is 0.194 e. The molecule has 0 saturated carbocycles. The number of carbonyl (C=O) groups excluding carboxylic acids is 1. The van der Waals surface area contributed by atoms with Crippen molar-refractivity contribution in [3.63, 3.8) is 0 Å². The van der Waals surface area contributed by atoms with Gasteiger partial charge in [-0.2, -0.15) is 0 Å². The van der Waals surface area contributed by atoms with Crippen molar-refractivity contribution in [2.24, 2.45) is 0 Å². The van der Waals surface area contributed by atoms with E-state index in [1.54, 1.807) is 11.8 Å². The van der Waals surface area contributed by atoms with E-state index < -0.39 is 0 Å². The number of rotatable bonds is 0. The number of benzene rings is 3. The third-order valence-electron chi connectivity index (χ3n) is 3.46. The summed E-state index contributed by atoms with van der Waals surface area (Å²) >= 11 is 1.68. The molecule has 2 heteroatoms. The number of hydrogen-bond donors (Lipinski definition) is 0. The second kappa shape index (κ2) is 3.97. The van der Waals surface area contributed by atoms with Crippen LogP contribution < -0.4 is 0 Å². The normalized spacial score (nSPS) is 13.2. The molecule has 90 valence electrons. The molecule has 0 fully saturated rings. The Balaban J connectivity index is 2.16. The van der Waals surface area contributed by atoms with Gasteiger partial charge in [0.25, 0.3) is 0 Å². The van der Waals surface area contributed by atoms with Gasteiger partial charge in [0, 0.05) is 26.3 Å². The van der Waals surface area contributed by atoms with E-state index in [0.717, 1.165) is 31.7 Å². The highest BCUT2D eigenvalue weighted by Crippen LogP contribution is 2.40. The van der Waals surface area contributed by atoms with Crippen LogP contribution in [0.4, 0.5) is 0 Å². The lowest BCUT2D eigenvalue weighted by molar-refractivity contribution is 0.103. The van der Waals surface area contributed by atoms with Crippen molar-refractivity contribution in [2.45, 2.75) is 9.79 Å². The van der Waals surface area contributed by atoms with Crippen LogP contribution in [0.3, 0.4) is 0 Å². The van der Waals surface area contributed by atoms with Gasteiger partial charge in [0.15, 0.2) is 5.78 Å². The first-order chi connectivity index (χ1) is 9.34. The van der Waals surface area contributed by atoms with Gasteiger partial charge < -0.3 is 0 Å². The first-order valence-electron chi connectivity index (χ1n) is 6.18. The Bertz CT molecular complexity index is 815. The van der Waals surface area contributed by atoms with Crippen LogP contribution in [0, 0.1) is 0 Å². The summed E-state index contributed by atoms with van der Waals surface area (Å²) in [5, 5.41) is 2.21. The van der Waals surface area contributed by atoms with Gasteiger partial charge in [-0.25, -0.2) is 0 Å². The van der Waals surface area contributed by atoms with Gasteiger partial charge in [0.2, 0.25) is 0 Å². The molecule has 19 heavy (non-hydrogen) atoms. The number of carbonyl (C=O) groups is 1. The Labute approximate surface area is 115 Å². The minimum absolute atomic E-state index is 0.124. The molecule has 0 N–H and O–H groups in total. The standard InChI is InChI=1S/C17H10OS/c18-17-12-7-1-2-9-14(12)19-15-10-4-6-11-5-3-8-13(17)16(11)15/h1-10H. The first-order valence-corrected chi connectivity index (χ1v) is 6.99. The molecular weight excluding hydrogens is 252 g/mol. The fraction of sp³-hybridized carbons (Fsp3) is 0. The molecule has 3 aromatic rings. The number of fused-ring (bicyclic) bond motifs is 1. The maximum atomic E-state index is 12.7. The molecule has 0 spiro atoms. The minimum Gasteiger partial charge on any atom is -0.289 e. The maximum Gasteiger partial charge on any atom is 0.194 e. The van der Waals surface area contributed by atoms with Gasteiger partial charge in [0.05, 0.1) is 0 Å². The molecule has 1 aliphatic heterocycles. The second-order valence-electron chi connectivity index (χ2n) is 4.59. The third kappa shape index (κ3) is 1.53. The molecule has 1 nitrogen and oxygen atoms in total. The third-order valence-corrected chi connectivity index (χ3v) is 4.60. The van der Waals surface area contributed by atoms with Gasteiger partial charge in [-0.15, -0.1) is 0 Å². The van der Waals surface area contributed by atoms with Crippen LogP contribution in [0.15, 0.2) is 70.5 Å². The van der Waals surface area contributed by atoms with Gasteiger partial charge in [0.1, 0.15) is 0 Å². The van der Waals surface area contributed by atoms with Crippen LogP contribution in [-0.4, -0.2) is 5.78 Å². The van der Waals surface area contributed by atoms with Crippen LogP contribution in [0.2, 0.25) is 0 Å². The van der Waals surface area contributed by atoms with E-state index in [4.69, 9.17) is 0 Å². The SMILES string of the molecule is O=C1c2ccccc2Sc2cccc3cccc1c23. The van der Waals surface area contributed by atoms with Crippen molar-refractivity contribution in [1.29, 1.82) is 0 Å². The average molecular weight is 262 g/mol. The first kappa shape index (κ1) is 10.8. The van der Waals surface area contributed by atoms with Crippen LogP contribution in [-0.2, 0) is 0 Å². The zero-order valence-electron chi connectivity index (χ0n) is 10.1. The predicted molar refractivity (Wildman–Crippen MR) is 77.9 cm³/mol. The van der Waals surface area contributed by atoms with E-state index in [2.05, 4.69) is 18.2 Å². The molecule has 0 aliphatic carbocycles. The van der Waals surface area contributed by atoms with Crippen molar-refractivity contribution in [1.82, 2.24) is 0 Å². The van der Waals surface area contributed by atoms with E-state index in [9.17, 15) is 4.79 Å². The van der Waals surface area contributed by atoms with E-state index in [-0.39, 0.29) is 5.78 Å². The topological polar surface area (TPSA) is 17.1 Å². The lowest BCUT2D eigenvalue weighted by Gasteiger charge is -2.05. The Morgan fingerprint density at radius 3 is 2.26 bits per heavy atom. The van der Waals surface area contributed by atoms with Crippen LogP contribution >= 0.6 is 11.8 Å². The summed E-state index contributed by atoms with van der Waals surface area (Å²) in [6, 6.07) is 20.0. The molecule has 0 bridgehead atoms. The lowest BCUT2D eigenvalue weighted by Crippen LogP contribution is -2.01. The maximum absolute atomic E-state index is 12.7. The van der Waals surface area contributed by atoms with Crippen molar-refractivity contribution in [3.05, 3.63) is 71.8 Å². The minimum atomic E-state index is 0.124. The van der Waals surface area contributed by atoms with Crippen molar-refractivity contribution >= 4 is 28.3 Å². The molecule has 0 radical (unpaired) electrons. The monoisotopic (exact) mass is 262 g/mol. The molecule has 0 aromatic heterocycles. The second-order valence-corrected chi connectivity index (χ2v) is 5.67. The Morgan fingerprint density at radius 1 is 0.684 bits per heavy atom. The molecule has 0 saturated heterocycles. The molecule has 0 amide bonds. The average Bonchev–Trinajstić information content (AvgIpc) is 2.58. The van der Waals surface area contributed by atoms with Gasteiger partial charge in [-0.05, 0) is 23.6 Å². The van der Waals surface area contributed by atoms with E-state index in [0.29, 0.717) is 0 Å². The number of hydrogen-bond acceptors (Lipinski definition) is 2. The van der Waals surface area contributed by atoms with Crippen molar-refractivity contribution in [2.75, 3.05) is 0 Å². The summed E-state index contributed by atoms with van der Waals surface area (Å²) < 4.78 is 0. The summed E-state index contributed by atoms with van der Waals surface area (Å²) in [7, 11) is 0. The highest BCUT2D eigenvalue weighted by molar-refractivity contribution is 7.99. The highest BCUT2D eigenvalue weighted by Gasteiger charge is 2.22. The Hall–Kier alpha value is -2.06. The predicted octanol–water partition coefficient (Wildman–Crippen LogP) is 4.54. The van der Waals surface area contributed by atoms with Crippen molar-refractivity contribution in [3.8, 4) is 0 Å². The highest BCUT2D eigenvalue weighted by atomic mass is 32.2. The quantitative estimate of drug-likeness (QED) is 0.463. The molecule has 1 heterocycles. The summed E-state index contributed by atoms with van der Waals surface area (Å²) in [5.41, 5.74) is 1.61. The zero-order valence-corrected chi connectivity index (χ0v) is 10.9. The van der Waals surface area contributed by atoms with Crippen LogP contribution in [0.25, 0.3) is 10.8 Å². The van der Waals surface area contributed by atoms with Gasteiger partial charge >= 0.3 is 0 Å². The number of ketones is 1. The molecule has 1 aliphatic rings. The molecule has 4 rings (SSSR count). The van der Waals surface area contributed by atoms with E-state index in [1.165, 1.54) is 0 Å². The summed E-state index contributed by atoms with van der Waals surface area (Å²) in [6.07, 6.45) is 0. The molecule has 3 aromatic carbocycles. The van der Waals surface area contributed by atoms with Crippen molar-refractivity contribution < 1.29 is 4.79 Å². The summed E-state index contributed by atoms with van der Waals surface area (Å²) in [4.78, 5) is 14.9. The zero-order chi connectivity index (χ0) is 12.8. The van der Waals surface area contributed by atoms with Crippen LogP contribution in [0.1, 0.15) is 15.9 Å². The fourth-order valence-electron chi connectivity index (χ4n) is 2.59. The summed E-state index contributed by atoms with van der Waals surface area (Å²) in [5.74, 6) is 0.124. The van der Waals surface area contributed by atoms with E-state index in [1.807, 2.05) is 42.5 Å². The largest absolute Gasteiger partial charge is 0.289 e. The fourth-order valence-corrected chi connectivity index (χ4v) is 3.72.